The second-order valence-corrected chi connectivity index (χ2v) is 3.43. The maximum atomic E-state index is 11.7. The first kappa shape index (κ1) is 12.8. The highest BCUT2D eigenvalue weighted by Crippen LogP contribution is 2.21. The van der Waals surface area contributed by atoms with Gasteiger partial charge in [0.1, 0.15) is 5.75 Å². The van der Waals surface area contributed by atoms with Crippen LogP contribution in [0.2, 0.25) is 0 Å². The number of nitrogens with one attached hydrogen (secondary N) is 1. The molecular weight excluding hydrogens is 222 g/mol. The van der Waals surface area contributed by atoms with Gasteiger partial charge in [-0.3, -0.25) is 9.59 Å². The highest BCUT2D eigenvalue weighted by molar-refractivity contribution is 5.97. The minimum absolute atomic E-state index is 0.100. The largest absolute Gasteiger partial charge is 0.496 e. The van der Waals surface area contributed by atoms with E-state index >= 15 is 0 Å². The topological polar surface area (TPSA) is 107 Å². The number of benzene rings is 1. The Morgan fingerprint density at radius 3 is 2.71 bits per heavy atom. The molecule has 0 saturated heterocycles. The van der Waals surface area contributed by atoms with Crippen LogP contribution in [0.1, 0.15) is 16.8 Å². The number of carbonyl (C=O) groups excluding carboxylic acids is 2. The fraction of sp³-hybridized carbons (Fsp3) is 0.273. The zero-order chi connectivity index (χ0) is 12.8. The van der Waals surface area contributed by atoms with Crippen LogP contribution < -0.4 is 21.5 Å². The normalized spacial score (nSPS) is 9.71. The third-order valence-corrected chi connectivity index (χ3v) is 2.13. The van der Waals surface area contributed by atoms with Crippen molar-refractivity contribution >= 4 is 17.5 Å². The maximum absolute atomic E-state index is 11.7. The van der Waals surface area contributed by atoms with Gasteiger partial charge >= 0.3 is 0 Å². The molecule has 0 bridgehead atoms. The number of primary amides is 1. The SMILES string of the molecule is COc1cc(N)ccc1C(=O)NCCC(N)=O. The van der Waals surface area contributed by atoms with E-state index in [-0.39, 0.29) is 18.9 Å². The Balaban J connectivity index is 2.71. The molecule has 0 atom stereocenters. The van der Waals surface area contributed by atoms with Gasteiger partial charge in [0.2, 0.25) is 5.91 Å². The number of carbonyl (C=O) groups is 2. The van der Waals surface area contributed by atoms with Gasteiger partial charge in [0.15, 0.2) is 0 Å². The lowest BCUT2D eigenvalue weighted by Gasteiger charge is -2.09. The first-order valence-electron chi connectivity index (χ1n) is 5.04. The van der Waals surface area contributed by atoms with Gasteiger partial charge in [0, 0.05) is 24.7 Å². The Morgan fingerprint density at radius 2 is 2.12 bits per heavy atom. The van der Waals surface area contributed by atoms with Crippen LogP contribution >= 0.6 is 0 Å². The lowest BCUT2D eigenvalue weighted by atomic mass is 10.1. The second-order valence-electron chi connectivity index (χ2n) is 3.43. The molecule has 0 spiro atoms. The van der Waals surface area contributed by atoms with E-state index in [1.165, 1.54) is 7.11 Å². The summed E-state index contributed by atoms with van der Waals surface area (Å²) in [6, 6.07) is 4.72. The fourth-order valence-electron chi connectivity index (χ4n) is 1.29. The van der Waals surface area contributed by atoms with E-state index in [4.69, 9.17) is 16.2 Å². The number of hydrogen-bond donors (Lipinski definition) is 3. The van der Waals surface area contributed by atoms with Crippen molar-refractivity contribution in [1.29, 1.82) is 0 Å². The summed E-state index contributed by atoms with van der Waals surface area (Å²) in [4.78, 5) is 22.2. The van der Waals surface area contributed by atoms with Crippen LogP contribution in [0, 0.1) is 0 Å². The lowest BCUT2D eigenvalue weighted by molar-refractivity contribution is -0.117. The van der Waals surface area contributed by atoms with Crippen LogP contribution in [0.4, 0.5) is 5.69 Å². The van der Waals surface area contributed by atoms with E-state index < -0.39 is 5.91 Å². The number of anilines is 1. The summed E-state index contributed by atoms with van der Waals surface area (Å²) in [5.41, 5.74) is 11.4. The molecule has 0 aromatic heterocycles. The number of hydrogen-bond acceptors (Lipinski definition) is 4. The summed E-state index contributed by atoms with van der Waals surface area (Å²) in [7, 11) is 1.45. The average Bonchev–Trinajstić information content (AvgIpc) is 2.28. The maximum Gasteiger partial charge on any atom is 0.255 e. The molecule has 6 nitrogen and oxygen atoms in total. The van der Waals surface area contributed by atoms with Gasteiger partial charge in [-0.25, -0.2) is 0 Å². The Hall–Kier alpha value is -2.24. The molecule has 0 saturated carbocycles. The molecule has 6 heteroatoms. The van der Waals surface area contributed by atoms with E-state index in [0.29, 0.717) is 17.0 Å². The number of amides is 2. The quantitative estimate of drug-likeness (QED) is 0.620. The van der Waals surface area contributed by atoms with E-state index in [9.17, 15) is 9.59 Å². The van der Waals surface area contributed by atoms with Crippen LogP contribution in [0.5, 0.6) is 5.75 Å². The van der Waals surface area contributed by atoms with Gasteiger partial charge in [-0.1, -0.05) is 0 Å². The van der Waals surface area contributed by atoms with Crippen LogP contribution in [0.3, 0.4) is 0 Å². The summed E-state index contributed by atoms with van der Waals surface area (Å²) < 4.78 is 5.04. The molecule has 0 unspecified atom stereocenters. The zero-order valence-electron chi connectivity index (χ0n) is 9.53. The smallest absolute Gasteiger partial charge is 0.255 e. The summed E-state index contributed by atoms with van der Waals surface area (Å²) >= 11 is 0. The minimum atomic E-state index is -0.463. The Morgan fingerprint density at radius 1 is 1.41 bits per heavy atom. The average molecular weight is 237 g/mol. The first-order chi connectivity index (χ1) is 8.04. The predicted octanol–water partition coefficient (Wildman–Crippen LogP) is -0.117. The van der Waals surface area contributed by atoms with E-state index in [2.05, 4.69) is 5.32 Å². The van der Waals surface area contributed by atoms with E-state index in [0.717, 1.165) is 0 Å². The zero-order valence-corrected chi connectivity index (χ0v) is 9.53. The summed E-state index contributed by atoms with van der Waals surface area (Å²) in [6.07, 6.45) is 0.100. The van der Waals surface area contributed by atoms with Gasteiger partial charge in [0.05, 0.1) is 12.7 Å². The molecule has 0 radical (unpaired) electrons. The van der Waals surface area contributed by atoms with Crippen LogP contribution in [-0.2, 0) is 4.79 Å². The molecule has 1 aromatic rings. The molecule has 0 heterocycles. The number of nitrogen functional groups attached to an aromatic ring is 1. The van der Waals surface area contributed by atoms with Gasteiger partial charge in [0.25, 0.3) is 5.91 Å². The molecule has 0 aliphatic carbocycles. The van der Waals surface area contributed by atoms with Crippen molar-refractivity contribution in [1.82, 2.24) is 5.32 Å². The minimum Gasteiger partial charge on any atom is -0.496 e. The van der Waals surface area contributed by atoms with Gasteiger partial charge < -0.3 is 21.5 Å². The Kier molecular flexibility index (Phi) is 4.33. The van der Waals surface area contributed by atoms with Gasteiger partial charge in [-0.05, 0) is 12.1 Å². The molecule has 0 aliphatic rings. The monoisotopic (exact) mass is 237 g/mol. The molecule has 17 heavy (non-hydrogen) atoms. The Labute approximate surface area is 98.9 Å². The predicted molar refractivity (Wildman–Crippen MR) is 63.6 cm³/mol. The van der Waals surface area contributed by atoms with Gasteiger partial charge in [-0.15, -0.1) is 0 Å². The van der Waals surface area contributed by atoms with Crippen LogP contribution in [0.25, 0.3) is 0 Å². The molecule has 92 valence electrons. The number of rotatable bonds is 5. The van der Waals surface area contributed by atoms with E-state index in [1.54, 1.807) is 18.2 Å². The third-order valence-electron chi connectivity index (χ3n) is 2.13. The molecule has 0 fully saturated rings. The van der Waals surface area contributed by atoms with Crippen molar-refractivity contribution in [3.05, 3.63) is 23.8 Å². The highest BCUT2D eigenvalue weighted by atomic mass is 16.5. The summed E-state index contributed by atoms with van der Waals surface area (Å²) in [5.74, 6) is -0.403. The van der Waals surface area contributed by atoms with Crippen molar-refractivity contribution < 1.29 is 14.3 Å². The molecule has 1 rings (SSSR count). The molecule has 2 amide bonds. The molecule has 5 N–H and O–H groups in total. The summed E-state index contributed by atoms with van der Waals surface area (Å²) in [6.45, 7) is 0.196. The number of methoxy groups -OCH3 is 1. The van der Waals surface area contributed by atoms with E-state index in [1.807, 2.05) is 0 Å². The highest BCUT2D eigenvalue weighted by Gasteiger charge is 2.11. The molecular formula is C11H15N3O3. The van der Waals surface area contributed by atoms with Crippen molar-refractivity contribution in [3.63, 3.8) is 0 Å². The molecule has 0 aliphatic heterocycles. The lowest BCUT2D eigenvalue weighted by Crippen LogP contribution is -2.28. The Bertz CT molecular complexity index is 432. The number of nitrogens with two attached hydrogens (primary N) is 2. The molecule has 1 aromatic carbocycles. The van der Waals surface area contributed by atoms with Crippen molar-refractivity contribution in [2.24, 2.45) is 5.73 Å². The fourth-order valence-corrected chi connectivity index (χ4v) is 1.29. The van der Waals surface area contributed by atoms with Crippen molar-refractivity contribution in [3.8, 4) is 5.75 Å². The van der Waals surface area contributed by atoms with Crippen LogP contribution in [-0.4, -0.2) is 25.5 Å². The standard InChI is InChI=1S/C11H15N3O3/c1-17-9-6-7(12)2-3-8(9)11(16)14-5-4-10(13)15/h2-3,6H,4-5,12H2,1H3,(H2,13,15)(H,14,16). The second kappa shape index (κ2) is 5.74. The van der Waals surface area contributed by atoms with Crippen molar-refractivity contribution in [2.45, 2.75) is 6.42 Å². The number of ether oxygens (including phenoxy) is 1. The van der Waals surface area contributed by atoms with Crippen molar-refractivity contribution in [2.75, 3.05) is 19.4 Å². The summed E-state index contributed by atoms with van der Waals surface area (Å²) in [5, 5.41) is 2.56. The van der Waals surface area contributed by atoms with Crippen LogP contribution in [0.15, 0.2) is 18.2 Å². The first-order valence-corrected chi connectivity index (χ1v) is 5.04. The van der Waals surface area contributed by atoms with Gasteiger partial charge in [-0.2, -0.15) is 0 Å². The third kappa shape index (κ3) is 3.67.